The number of hydrogen-bond acceptors (Lipinski definition) is 3. The molecule has 0 bridgehead atoms. The lowest BCUT2D eigenvalue weighted by atomic mass is 9.95. The molecular weight excluding hydrogens is 264 g/mol. The molecule has 1 saturated heterocycles. The highest BCUT2D eigenvalue weighted by Crippen LogP contribution is 2.20. The van der Waals surface area contributed by atoms with Crippen LogP contribution in [-0.2, 0) is 0 Å². The van der Waals surface area contributed by atoms with Gasteiger partial charge >= 0.3 is 0 Å². The Morgan fingerprint density at radius 3 is 2.90 bits per heavy atom. The first-order valence-electron chi connectivity index (χ1n) is 6.91. The van der Waals surface area contributed by atoms with Gasteiger partial charge in [-0.1, -0.05) is 0 Å². The zero-order valence-electron chi connectivity index (χ0n) is 11.3. The summed E-state index contributed by atoms with van der Waals surface area (Å²) in [5.74, 6) is -1.43. The number of halogens is 2. The van der Waals surface area contributed by atoms with Crippen molar-refractivity contribution < 1.29 is 18.7 Å². The molecule has 1 unspecified atom stereocenters. The second-order valence-electron chi connectivity index (χ2n) is 5.30. The Hall–Kier alpha value is -1.33. The van der Waals surface area contributed by atoms with Gasteiger partial charge in [0, 0.05) is 19.2 Å². The lowest BCUT2D eigenvalue weighted by molar-refractivity contribution is 0.0868. The molecule has 1 atom stereocenters. The van der Waals surface area contributed by atoms with Crippen LogP contribution in [0.25, 0.3) is 0 Å². The van der Waals surface area contributed by atoms with E-state index in [1.165, 1.54) is 6.07 Å². The average molecular weight is 283 g/mol. The van der Waals surface area contributed by atoms with Crippen LogP contribution < -0.4 is 0 Å². The maximum atomic E-state index is 13.5. The third-order valence-corrected chi connectivity index (χ3v) is 3.74. The molecule has 3 nitrogen and oxygen atoms in total. The van der Waals surface area contributed by atoms with Gasteiger partial charge in [-0.15, -0.1) is 0 Å². The van der Waals surface area contributed by atoms with E-state index in [1.807, 2.05) is 4.90 Å². The summed E-state index contributed by atoms with van der Waals surface area (Å²) in [7, 11) is 0. The minimum Gasteiger partial charge on any atom is -0.396 e. The number of Topliss-reactive ketones (excluding diaryl/α,β-unsaturated/α-hetero) is 1. The summed E-state index contributed by atoms with van der Waals surface area (Å²) in [6, 6.07) is 3.03. The van der Waals surface area contributed by atoms with Crippen molar-refractivity contribution >= 4 is 5.78 Å². The number of likely N-dealkylation sites (tertiary alicyclic amines) is 1. The number of benzene rings is 1. The Kier molecular flexibility index (Phi) is 5.20. The molecule has 2 rings (SSSR count). The summed E-state index contributed by atoms with van der Waals surface area (Å²) < 4.78 is 26.4. The number of ketones is 1. The van der Waals surface area contributed by atoms with E-state index in [0.29, 0.717) is 5.92 Å². The average Bonchev–Trinajstić information content (AvgIpc) is 2.39. The van der Waals surface area contributed by atoms with Crippen LogP contribution in [0.1, 0.15) is 29.6 Å². The van der Waals surface area contributed by atoms with Crippen LogP contribution in [0.4, 0.5) is 8.78 Å². The summed E-state index contributed by atoms with van der Waals surface area (Å²) in [6.45, 7) is 1.84. The van der Waals surface area contributed by atoms with E-state index < -0.39 is 11.6 Å². The number of rotatable bonds is 5. The molecular formula is C15H19F2NO2. The number of carbonyl (C=O) groups excluding carboxylic acids is 1. The van der Waals surface area contributed by atoms with Crippen molar-refractivity contribution in [2.75, 3.05) is 26.2 Å². The van der Waals surface area contributed by atoms with E-state index in [2.05, 4.69) is 0 Å². The number of carbonyl (C=O) groups is 1. The zero-order valence-corrected chi connectivity index (χ0v) is 11.3. The van der Waals surface area contributed by atoms with E-state index in [0.717, 1.165) is 44.5 Å². The molecule has 0 saturated carbocycles. The Morgan fingerprint density at radius 2 is 2.20 bits per heavy atom. The van der Waals surface area contributed by atoms with Gasteiger partial charge in [0.2, 0.25) is 0 Å². The largest absolute Gasteiger partial charge is 0.396 e. The number of piperidine rings is 1. The maximum Gasteiger partial charge on any atom is 0.179 e. The van der Waals surface area contributed by atoms with Gasteiger partial charge in [0.05, 0.1) is 12.1 Å². The summed E-state index contributed by atoms with van der Waals surface area (Å²) in [5.41, 5.74) is -0.0596. The number of aliphatic hydroxyl groups excluding tert-OH is 1. The number of aliphatic hydroxyl groups is 1. The molecule has 0 spiro atoms. The smallest absolute Gasteiger partial charge is 0.179 e. The second kappa shape index (κ2) is 6.90. The monoisotopic (exact) mass is 283 g/mol. The van der Waals surface area contributed by atoms with Crippen LogP contribution in [0.15, 0.2) is 18.2 Å². The van der Waals surface area contributed by atoms with Gasteiger partial charge in [0.1, 0.15) is 11.6 Å². The van der Waals surface area contributed by atoms with Gasteiger partial charge in [0.25, 0.3) is 0 Å². The molecule has 0 aromatic heterocycles. The first kappa shape index (κ1) is 15.1. The summed E-state index contributed by atoms with van der Waals surface area (Å²) >= 11 is 0. The summed E-state index contributed by atoms with van der Waals surface area (Å²) in [4.78, 5) is 14.0. The Labute approximate surface area is 117 Å². The minimum absolute atomic E-state index is 0.0596. The Bertz CT molecular complexity index is 477. The van der Waals surface area contributed by atoms with Crippen molar-refractivity contribution in [1.82, 2.24) is 4.90 Å². The van der Waals surface area contributed by atoms with Crippen LogP contribution in [0.3, 0.4) is 0 Å². The predicted octanol–water partition coefficient (Wildman–Crippen LogP) is 2.24. The van der Waals surface area contributed by atoms with E-state index in [-0.39, 0.29) is 24.5 Å². The summed E-state index contributed by atoms with van der Waals surface area (Å²) in [5, 5.41) is 8.96. The van der Waals surface area contributed by atoms with Gasteiger partial charge in [0.15, 0.2) is 5.78 Å². The molecule has 1 N–H and O–H groups in total. The first-order valence-corrected chi connectivity index (χ1v) is 6.91. The highest BCUT2D eigenvalue weighted by Gasteiger charge is 2.22. The van der Waals surface area contributed by atoms with E-state index in [9.17, 15) is 13.6 Å². The molecule has 1 aliphatic heterocycles. The van der Waals surface area contributed by atoms with Gasteiger partial charge in [-0.2, -0.15) is 0 Å². The molecule has 110 valence electrons. The van der Waals surface area contributed by atoms with E-state index in [1.54, 1.807) is 0 Å². The molecule has 20 heavy (non-hydrogen) atoms. The Balaban J connectivity index is 1.97. The highest BCUT2D eigenvalue weighted by atomic mass is 19.1. The molecule has 1 heterocycles. The van der Waals surface area contributed by atoms with E-state index in [4.69, 9.17) is 5.11 Å². The van der Waals surface area contributed by atoms with Crippen LogP contribution >= 0.6 is 0 Å². The fourth-order valence-electron chi connectivity index (χ4n) is 2.72. The van der Waals surface area contributed by atoms with Gasteiger partial charge in [-0.3, -0.25) is 9.69 Å². The highest BCUT2D eigenvalue weighted by molar-refractivity contribution is 5.97. The third kappa shape index (κ3) is 3.84. The van der Waals surface area contributed by atoms with Crippen molar-refractivity contribution in [2.45, 2.75) is 19.3 Å². The maximum absolute atomic E-state index is 13.5. The number of nitrogens with zero attached hydrogens (tertiary/aromatic N) is 1. The van der Waals surface area contributed by atoms with Crippen molar-refractivity contribution in [3.8, 4) is 0 Å². The second-order valence-corrected chi connectivity index (χ2v) is 5.30. The quantitative estimate of drug-likeness (QED) is 0.843. The van der Waals surface area contributed by atoms with Crippen LogP contribution in [0.2, 0.25) is 0 Å². The van der Waals surface area contributed by atoms with Gasteiger partial charge < -0.3 is 5.11 Å². The van der Waals surface area contributed by atoms with Crippen molar-refractivity contribution in [3.63, 3.8) is 0 Å². The molecule has 1 aliphatic rings. The van der Waals surface area contributed by atoms with Crippen molar-refractivity contribution in [3.05, 3.63) is 35.4 Å². The fraction of sp³-hybridized carbons (Fsp3) is 0.533. The molecule has 1 aromatic carbocycles. The standard InChI is InChI=1S/C15H19F2NO2/c16-12-3-4-13(14(17)8-12)15(20)10-18-6-1-2-11(9-18)5-7-19/h3-4,8,11,19H,1-2,5-7,9-10H2. The lowest BCUT2D eigenvalue weighted by Gasteiger charge is -2.31. The molecule has 0 radical (unpaired) electrons. The normalized spacial score (nSPS) is 20.1. The van der Waals surface area contributed by atoms with Gasteiger partial charge in [-0.05, 0) is 43.9 Å². The van der Waals surface area contributed by atoms with Crippen LogP contribution in [0.5, 0.6) is 0 Å². The SMILES string of the molecule is O=C(CN1CCCC(CCO)C1)c1ccc(F)cc1F. The topological polar surface area (TPSA) is 40.5 Å². The summed E-state index contributed by atoms with van der Waals surface area (Å²) in [6.07, 6.45) is 2.76. The molecule has 0 amide bonds. The van der Waals surface area contributed by atoms with Crippen LogP contribution in [-0.4, -0.2) is 42.0 Å². The molecule has 5 heteroatoms. The van der Waals surface area contributed by atoms with Crippen molar-refractivity contribution in [2.24, 2.45) is 5.92 Å². The first-order chi connectivity index (χ1) is 9.60. The number of hydrogen-bond donors (Lipinski definition) is 1. The van der Waals surface area contributed by atoms with Crippen molar-refractivity contribution in [1.29, 1.82) is 0 Å². The Morgan fingerprint density at radius 1 is 1.40 bits per heavy atom. The van der Waals surface area contributed by atoms with Crippen LogP contribution in [0, 0.1) is 17.6 Å². The lowest BCUT2D eigenvalue weighted by Crippen LogP contribution is -2.39. The molecule has 0 aliphatic carbocycles. The van der Waals surface area contributed by atoms with E-state index >= 15 is 0 Å². The zero-order chi connectivity index (χ0) is 14.5. The fourth-order valence-corrected chi connectivity index (χ4v) is 2.72. The third-order valence-electron chi connectivity index (χ3n) is 3.74. The van der Waals surface area contributed by atoms with Gasteiger partial charge in [-0.25, -0.2) is 8.78 Å². The minimum atomic E-state index is -0.807. The molecule has 1 fully saturated rings. The predicted molar refractivity (Wildman–Crippen MR) is 71.6 cm³/mol. The molecule has 1 aromatic rings.